The van der Waals surface area contributed by atoms with E-state index < -0.39 is 19.0 Å². The average Bonchev–Trinajstić information content (AvgIpc) is 2.36. The number of hydrogen-bond acceptors (Lipinski definition) is 3. The summed E-state index contributed by atoms with van der Waals surface area (Å²) < 4.78 is 29.6. The summed E-state index contributed by atoms with van der Waals surface area (Å²) in [5.41, 5.74) is 1.47. The van der Waals surface area contributed by atoms with Crippen LogP contribution in [0.15, 0.2) is 30.5 Å². The lowest BCUT2D eigenvalue weighted by molar-refractivity contribution is 0.282. The summed E-state index contributed by atoms with van der Waals surface area (Å²) in [6, 6.07) is 6.67. The summed E-state index contributed by atoms with van der Waals surface area (Å²) in [6.45, 7) is -1.16. The first-order chi connectivity index (χ1) is 10.1. The highest BCUT2D eigenvalue weighted by molar-refractivity contribution is 6.31. The van der Waals surface area contributed by atoms with E-state index in [-0.39, 0.29) is 6.42 Å². The Hall–Kier alpha value is -1.32. The number of halogens is 1. The van der Waals surface area contributed by atoms with Gasteiger partial charge in [0.2, 0.25) is 0 Å². The van der Waals surface area contributed by atoms with Gasteiger partial charge in [0.15, 0.2) is 0 Å². The fourth-order valence-corrected chi connectivity index (χ4v) is 1.93. The number of nitrogens with zero attached hydrogens (tertiary/aromatic N) is 1. The second-order valence-electron chi connectivity index (χ2n) is 4.06. The maximum absolute atomic E-state index is 9.27. The third-order valence-electron chi connectivity index (χ3n) is 2.59. The molecule has 0 saturated heterocycles. The first kappa shape index (κ1) is 8.73. The highest BCUT2D eigenvalue weighted by Gasteiger charge is 2.06. The van der Waals surface area contributed by atoms with E-state index in [2.05, 4.69) is 10.3 Å². The number of anilines is 1. The molecular weight excluding hydrogens is 248 g/mol. The van der Waals surface area contributed by atoms with Gasteiger partial charge in [-0.2, -0.15) is 0 Å². The van der Waals surface area contributed by atoms with E-state index >= 15 is 0 Å². The van der Waals surface area contributed by atoms with Crippen LogP contribution < -0.4 is 5.32 Å². The number of benzene rings is 1. The Balaban J connectivity index is 2.21. The van der Waals surface area contributed by atoms with Crippen LogP contribution in [0.3, 0.4) is 0 Å². The molecule has 0 radical (unpaired) electrons. The molecular formula is C14H17ClN2O. The van der Waals surface area contributed by atoms with Gasteiger partial charge in [-0.3, -0.25) is 4.98 Å². The highest BCUT2D eigenvalue weighted by atomic mass is 35.5. The molecule has 1 atom stereocenters. The van der Waals surface area contributed by atoms with Crippen LogP contribution in [0.2, 0.25) is 5.02 Å². The Morgan fingerprint density at radius 3 is 3.11 bits per heavy atom. The van der Waals surface area contributed by atoms with Crippen molar-refractivity contribution in [1.29, 1.82) is 0 Å². The van der Waals surface area contributed by atoms with Gasteiger partial charge < -0.3 is 10.4 Å². The second kappa shape index (κ2) is 6.03. The summed E-state index contributed by atoms with van der Waals surface area (Å²) >= 11 is 5.93. The van der Waals surface area contributed by atoms with Gasteiger partial charge in [0.05, 0.1) is 8.26 Å². The summed E-state index contributed by atoms with van der Waals surface area (Å²) in [7, 11) is 0. The van der Waals surface area contributed by atoms with Gasteiger partial charge in [-0.25, -0.2) is 0 Å². The number of rotatable bonds is 5. The minimum atomic E-state index is -2.89. The minimum absolute atomic E-state index is 0.187. The lowest BCUT2D eigenvalue weighted by Gasteiger charge is -2.16. The van der Waals surface area contributed by atoms with Crippen LogP contribution >= 0.6 is 11.6 Å². The zero-order valence-corrected chi connectivity index (χ0v) is 10.7. The lowest BCUT2D eigenvalue weighted by atomic mass is 10.1. The summed E-state index contributed by atoms with van der Waals surface area (Å²) in [5, 5.41) is 13.8. The first-order valence-electron chi connectivity index (χ1n) is 7.63. The van der Waals surface area contributed by atoms with E-state index in [1.54, 1.807) is 31.3 Å². The third kappa shape index (κ3) is 3.12. The maximum atomic E-state index is 9.27. The van der Waals surface area contributed by atoms with Crippen LogP contribution in [0, 0.1) is 0 Å². The largest absolute Gasteiger partial charge is 0.396 e. The van der Waals surface area contributed by atoms with Crippen LogP contribution in [0.25, 0.3) is 10.9 Å². The molecule has 0 bridgehead atoms. The maximum Gasteiger partial charge on any atom is 0.0737 e. The normalized spacial score (nSPS) is 17.5. The fourth-order valence-electron chi connectivity index (χ4n) is 1.76. The zero-order valence-electron chi connectivity index (χ0n) is 13.9. The molecule has 96 valence electrons. The fraction of sp³-hybridized carbons (Fsp3) is 0.357. The Bertz CT molecular complexity index is 675. The molecule has 2 N–H and O–H groups in total. The molecule has 0 aliphatic carbocycles. The van der Waals surface area contributed by atoms with Gasteiger partial charge >= 0.3 is 0 Å². The van der Waals surface area contributed by atoms with Gasteiger partial charge in [0.1, 0.15) is 0 Å². The van der Waals surface area contributed by atoms with Crippen LogP contribution in [0.4, 0.5) is 5.69 Å². The van der Waals surface area contributed by atoms with Crippen molar-refractivity contribution < 1.29 is 10.6 Å². The van der Waals surface area contributed by atoms with Crippen molar-refractivity contribution in [2.45, 2.75) is 25.8 Å². The van der Waals surface area contributed by atoms with Crippen LogP contribution in [0.5, 0.6) is 0 Å². The predicted octanol–water partition coefficient (Wildman–Crippen LogP) is 3.46. The Labute approximate surface area is 117 Å². The van der Waals surface area contributed by atoms with E-state index in [0.717, 1.165) is 11.1 Å². The van der Waals surface area contributed by atoms with Crippen molar-refractivity contribution >= 4 is 28.2 Å². The van der Waals surface area contributed by atoms with Crippen LogP contribution in [-0.4, -0.2) is 22.7 Å². The summed E-state index contributed by atoms with van der Waals surface area (Å²) in [5.74, 6) is 0. The highest BCUT2D eigenvalue weighted by Crippen LogP contribution is 2.25. The molecule has 18 heavy (non-hydrogen) atoms. The topological polar surface area (TPSA) is 45.1 Å². The van der Waals surface area contributed by atoms with Crippen molar-refractivity contribution in [3.05, 3.63) is 35.5 Å². The van der Waals surface area contributed by atoms with Crippen molar-refractivity contribution in [2.75, 3.05) is 11.9 Å². The Morgan fingerprint density at radius 1 is 1.50 bits per heavy atom. The second-order valence-corrected chi connectivity index (χ2v) is 4.49. The average molecular weight is 269 g/mol. The Kier molecular flexibility index (Phi) is 2.92. The van der Waals surface area contributed by atoms with Crippen LogP contribution in [0.1, 0.15) is 25.2 Å². The molecule has 0 saturated carbocycles. The monoisotopic (exact) mass is 268 g/mol. The zero-order chi connectivity index (χ0) is 16.5. The molecule has 1 heterocycles. The first-order valence-corrected chi connectivity index (χ1v) is 6.01. The molecule has 1 aromatic carbocycles. The SMILES string of the molecule is [2H]C([2H])(O)C([2H])([2H])CC(C)Nc1ccnc2cc(Cl)ccc12. The number of aromatic nitrogens is 1. The van der Waals surface area contributed by atoms with Gasteiger partial charge in [0, 0.05) is 37.6 Å². The summed E-state index contributed by atoms with van der Waals surface area (Å²) in [4.78, 5) is 4.23. The lowest BCUT2D eigenvalue weighted by Crippen LogP contribution is -2.15. The molecule has 4 heteroatoms. The molecule has 0 aliphatic heterocycles. The molecule has 0 spiro atoms. The Morgan fingerprint density at radius 2 is 2.33 bits per heavy atom. The minimum Gasteiger partial charge on any atom is -0.396 e. The van der Waals surface area contributed by atoms with Crippen molar-refractivity contribution in [2.24, 2.45) is 0 Å². The quantitative estimate of drug-likeness (QED) is 0.873. The number of aliphatic hydroxyl groups is 1. The van der Waals surface area contributed by atoms with E-state index in [0.29, 0.717) is 10.5 Å². The molecule has 0 amide bonds. The smallest absolute Gasteiger partial charge is 0.0737 e. The van der Waals surface area contributed by atoms with Gasteiger partial charge in [0.25, 0.3) is 0 Å². The molecule has 1 aromatic heterocycles. The van der Waals surface area contributed by atoms with E-state index in [1.165, 1.54) is 0 Å². The van der Waals surface area contributed by atoms with Gasteiger partial charge in [-0.15, -0.1) is 0 Å². The molecule has 1 unspecified atom stereocenters. The number of pyridine rings is 1. The number of fused-ring (bicyclic) bond motifs is 1. The molecule has 3 nitrogen and oxygen atoms in total. The van der Waals surface area contributed by atoms with E-state index in [1.807, 2.05) is 6.07 Å². The summed E-state index contributed by atoms with van der Waals surface area (Å²) in [6.07, 6.45) is -0.923. The molecule has 0 aliphatic rings. The van der Waals surface area contributed by atoms with Crippen molar-refractivity contribution in [3.8, 4) is 0 Å². The van der Waals surface area contributed by atoms with E-state index in [9.17, 15) is 5.11 Å². The van der Waals surface area contributed by atoms with Gasteiger partial charge in [-0.05, 0) is 44.0 Å². The van der Waals surface area contributed by atoms with Crippen LogP contribution in [-0.2, 0) is 0 Å². The molecule has 2 rings (SSSR count). The third-order valence-corrected chi connectivity index (χ3v) is 2.83. The van der Waals surface area contributed by atoms with Crippen molar-refractivity contribution in [1.82, 2.24) is 4.98 Å². The molecule has 2 aromatic rings. The predicted molar refractivity (Wildman–Crippen MR) is 76.2 cm³/mol. The molecule has 0 fully saturated rings. The van der Waals surface area contributed by atoms with Gasteiger partial charge in [-0.1, -0.05) is 11.6 Å². The standard InChI is InChI=1S/C14H17ClN2O/c1-10(3-2-8-18)17-13-6-7-16-14-9-11(15)4-5-12(13)14/h4-7,9-10,18H,2-3,8H2,1H3,(H,16,17)/i2D2,8D2. The van der Waals surface area contributed by atoms with E-state index in [4.69, 9.17) is 17.1 Å². The number of nitrogens with one attached hydrogen (secondary N) is 1. The number of hydrogen-bond donors (Lipinski definition) is 2. The van der Waals surface area contributed by atoms with Crippen molar-refractivity contribution in [3.63, 3.8) is 0 Å².